The molecule has 0 unspecified atom stereocenters. The number of anilines is 1. The summed E-state index contributed by atoms with van der Waals surface area (Å²) in [7, 11) is 1.44. The van der Waals surface area contributed by atoms with E-state index >= 15 is 0 Å². The summed E-state index contributed by atoms with van der Waals surface area (Å²) in [5.41, 5.74) is 2.30. The summed E-state index contributed by atoms with van der Waals surface area (Å²) in [6.07, 6.45) is 2.46. The van der Waals surface area contributed by atoms with E-state index in [0.717, 1.165) is 44.6 Å². The van der Waals surface area contributed by atoms with E-state index < -0.39 is 0 Å². The molecule has 5 heteroatoms. The number of piperidine rings is 1. The zero-order chi connectivity index (χ0) is 16.4. The van der Waals surface area contributed by atoms with Crippen molar-refractivity contribution in [3.8, 4) is 0 Å². The van der Waals surface area contributed by atoms with E-state index in [1.165, 1.54) is 12.7 Å². The quantitative estimate of drug-likeness (QED) is 0.799. The van der Waals surface area contributed by atoms with Gasteiger partial charge in [0.15, 0.2) is 0 Å². The molecule has 3 rings (SSSR count). The predicted octanol–water partition coefficient (Wildman–Crippen LogP) is 1.85. The van der Waals surface area contributed by atoms with Gasteiger partial charge in [-0.2, -0.15) is 0 Å². The maximum absolute atomic E-state index is 12.9. The number of hydrogen-bond acceptors (Lipinski definition) is 4. The van der Waals surface area contributed by atoms with E-state index in [0.29, 0.717) is 0 Å². The number of carbonyl (C=O) groups is 2. The van der Waals surface area contributed by atoms with Gasteiger partial charge in [-0.3, -0.25) is 14.5 Å². The molecule has 0 aliphatic carbocycles. The number of likely N-dealkylation sites (tertiary alicyclic amines) is 1. The van der Waals surface area contributed by atoms with Crippen LogP contribution in [0.4, 0.5) is 5.69 Å². The third-order valence-electron chi connectivity index (χ3n) is 5.12. The molecule has 1 aromatic rings. The van der Waals surface area contributed by atoms with Gasteiger partial charge in [0.25, 0.3) is 0 Å². The first-order valence-electron chi connectivity index (χ1n) is 8.33. The standard InChI is InChI=1S/C18H24N2O3/c1-13(19-10-7-15(8-11-19)18(22)23-2)17(21)20-12-9-14-5-3-4-6-16(14)20/h3-6,13,15H,7-12H2,1-2H3/t13-/m0/s1. The van der Waals surface area contributed by atoms with Gasteiger partial charge in [-0.05, 0) is 50.9 Å². The highest BCUT2D eigenvalue weighted by atomic mass is 16.5. The molecule has 1 amide bonds. The summed E-state index contributed by atoms with van der Waals surface area (Å²) in [5.74, 6) is 0.00892. The Hall–Kier alpha value is -1.88. The number of amides is 1. The van der Waals surface area contributed by atoms with Crippen molar-refractivity contribution in [2.45, 2.75) is 32.2 Å². The van der Waals surface area contributed by atoms with Crippen LogP contribution in [0.5, 0.6) is 0 Å². The molecule has 0 spiro atoms. The summed E-state index contributed by atoms with van der Waals surface area (Å²) in [6, 6.07) is 7.97. The molecule has 0 N–H and O–H groups in total. The minimum Gasteiger partial charge on any atom is -0.469 e. The molecule has 1 fully saturated rings. The average molecular weight is 316 g/mol. The van der Waals surface area contributed by atoms with Gasteiger partial charge in [-0.15, -0.1) is 0 Å². The Kier molecular flexibility index (Phi) is 4.66. The van der Waals surface area contributed by atoms with Gasteiger partial charge in [0.05, 0.1) is 19.1 Å². The smallest absolute Gasteiger partial charge is 0.308 e. The Labute approximate surface area is 137 Å². The lowest BCUT2D eigenvalue weighted by Gasteiger charge is -2.36. The summed E-state index contributed by atoms with van der Waals surface area (Å²) < 4.78 is 4.82. The van der Waals surface area contributed by atoms with Crippen molar-refractivity contribution in [3.63, 3.8) is 0 Å². The van der Waals surface area contributed by atoms with Crippen LogP contribution in [0.3, 0.4) is 0 Å². The maximum atomic E-state index is 12.9. The second-order valence-electron chi connectivity index (χ2n) is 6.38. The lowest BCUT2D eigenvalue weighted by Crippen LogP contribution is -2.50. The van der Waals surface area contributed by atoms with E-state index in [1.807, 2.05) is 30.0 Å². The molecule has 0 aromatic heterocycles. The van der Waals surface area contributed by atoms with Gasteiger partial charge in [0.2, 0.25) is 5.91 Å². The highest BCUT2D eigenvalue weighted by Crippen LogP contribution is 2.29. The number of hydrogen-bond donors (Lipinski definition) is 0. The molecule has 1 atom stereocenters. The Bertz CT molecular complexity index is 594. The second-order valence-corrected chi connectivity index (χ2v) is 6.38. The highest BCUT2D eigenvalue weighted by Gasteiger charge is 2.34. The Morgan fingerprint density at radius 1 is 1.17 bits per heavy atom. The molecule has 2 heterocycles. The van der Waals surface area contributed by atoms with Crippen LogP contribution in [0, 0.1) is 5.92 Å². The predicted molar refractivity (Wildman–Crippen MR) is 88.3 cm³/mol. The minimum absolute atomic E-state index is 0.0222. The summed E-state index contributed by atoms with van der Waals surface area (Å²) in [4.78, 5) is 28.6. The largest absolute Gasteiger partial charge is 0.469 e. The van der Waals surface area contributed by atoms with E-state index in [2.05, 4.69) is 11.0 Å². The fraction of sp³-hybridized carbons (Fsp3) is 0.556. The van der Waals surface area contributed by atoms with Crippen molar-refractivity contribution in [3.05, 3.63) is 29.8 Å². The Morgan fingerprint density at radius 3 is 2.57 bits per heavy atom. The van der Waals surface area contributed by atoms with Gasteiger partial charge in [-0.1, -0.05) is 18.2 Å². The van der Waals surface area contributed by atoms with Gasteiger partial charge < -0.3 is 9.64 Å². The Balaban J connectivity index is 1.62. The van der Waals surface area contributed by atoms with E-state index in [-0.39, 0.29) is 23.8 Å². The van der Waals surface area contributed by atoms with E-state index in [9.17, 15) is 9.59 Å². The van der Waals surface area contributed by atoms with Crippen LogP contribution in [0.25, 0.3) is 0 Å². The SMILES string of the molecule is COC(=O)C1CCN([C@@H](C)C(=O)N2CCc3ccccc32)CC1. The first kappa shape index (κ1) is 16.0. The van der Waals surface area contributed by atoms with E-state index in [4.69, 9.17) is 4.74 Å². The van der Waals surface area contributed by atoms with Crippen LogP contribution < -0.4 is 4.90 Å². The first-order chi connectivity index (χ1) is 11.1. The van der Waals surface area contributed by atoms with Crippen molar-refractivity contribution in [1.29, 1.82) is 0 Å². The fourth-order valence-corrected chi connectivity index (χ4v) is 3.64. The molecule has 1 aromatic carbocycles. The van der Waals surface area contributed by atoms with Crippen molar-refractivity contribution >= 4 is 17.6 Å². The van der Waals surface area contributed by atoms with Crippen LogP contribution >= 0.6 is 0 Å². The molecule has 0 radical (unpaired) electrons. The summed E-state index contributed by atoms with van der Waals surface area (Å²) in [5, 5.41) is 0. The molecule has 1 saturated heterocycles. The van der Waals surface area contributed by atoms with Gasteiger partial charge >= 0.3 is 5.97 Å². The number of nitrogens with zero attached hydrogens (tertiary/aromatic N) is 2. The first-order valence-corrected chi connectivity index (χ1v) is 8.33. The molecular formula is C18H24N2O3. The van der Waals surface area contributed by atoms with Crippen molar-refractivity contribution < 1.29 is 14.3 Å². The molecule has 23 heavy (non-hydrogen) atoms. The minimum atomic E-state index is -0.153. The monoisotopic (exact) mass is 316 g/mol. The molecule has 5 nitrogen and oxygen atoms in total. The molecule has 0 saturated carbocycles. The van der Waals surface area contributed by atoms with Crippen LogP contribution in [0.2, 0.25) is 0 Å². The fourth-order valence-electron chi connectivity index (χ4n) is 3.64. The number of methoxy groups -OCH3 is 1. The number of esters is 1. The van der Waals surface area contributed by atoms with Crippen molar-refractivity contribution in [2.24, 2.45) is 5.92 Å². The van der Waals surface area contributed by atoms with Gasteiger partial charge in [-0.25, -0.2) is 0 Å². The number of carbonyl (C=O) groups excluding carboxylic acids is 2. The van der Waals surface area contributed by atoms with E-state index in [1.54, 1.807) is 0 Å². The number of ether oxygens (including phenoxy) is 1. The summed E-state index contributed by atoms with van der Waals surface area (Å²) >= 11 is 0. The number of benzene rings is 1. The second kappa shape index (κ2) is 6.71. The van der Waals surface area contributed by atoms with Crippen LogP contribution in [-0.2, 0) is 20.7 Å². The molecule has 0 bridgehead atoms. The molecule has 2 aliphatic heterocycles. The maximum Gasteiger partial charge on any atom is 0.308 e. The van der Waals surface area contributed by atoms with Crippen molar-refractivity contribution in [2.75, 3.05) is 31.6 Å². The molecule has 124 valence electrons. The summed E-state index contributed by atoms with van der Waals surface area (Å²) in [6.45, 7) is 4.27. The topological polar surface area (TPSA) is 49.9 Å². The van der Waals surface area contributed by atoms with Gasteiger partial charge in [0.1, 0.15) is 0 Å². The molecule has 2 aliphatic rings. The number of fused-ring (bicyclic) bond motifs is 1. The van der Waals surface area contributed by atoms with Crippen LogP contribution in [0.1, 0.15) is 25.3 Å². The zero-order valence-corrected chi connectivity index (χ0v) is 13.8. The van der Waals surface area contributed by atoms with Crippen LogP contribution in [-0.4, -0.2) is 49.6 Å². The normalized spacial score (nSPS) is 20.2. The zero-order valence-electron chi connectivity index (χ0n) is 13.8. The third kappa shape index (κ3) is 3.11. The van der Waals surface area contributed by atoms with Gasteiger partial charge in [0, 0.05) is 12.2 Å². The highest BCUT2D eigenvalue weighted by molar-refractivity contribution is 5.98. The lowest BCUT2D eigenvalue weighted by molar-refractivity contribution is -0.147. The van der Waals surface area contributed by atoms with Crippen molar-refractivity contribution in [1.82, 2.24) is 4.90 Å². The number of para-hydroxylation sites is 1. The lowest BCUT2D eigenvalue weighted by atomic mass is 9.96. The molecular weight excluding hydrogens is 292 g/mol. The van der Waals surface area contributed by atoms with Crippen LogP contribution in [0.15, 0.2) is 24.3 Å². The number of rotatable bonds is 3. The third-order valence-corrected chi connectivity index (χ3v) is 5.12. The Morgan fingerprint density at radius 2 is 1.87 bits per heavy atom. The average Bonchev–Trinajstić information content (AvgIpc) is 3.04.